The van der Waals surface area contributed by atoms with Crippen LogP contribution in [0.2, 0.25) is 0 Å². The van der Waals surface area contributed by atoms with E-state index in [1.165, 1.54) is 24.9 Å². The third-order valence-corrected chi connectivity index (χ3v) is 5.57. The minimum atomic E-state index is 0.0624. The molecule has 1 fully saturated rings. The average molecular weight is 374 g/mol. The highest BCUT2D eigenvalue weighted by atomic mass is 16.3. The summed E-state index contributed by atoms with van der Waals surface area (Å²) >= 11 is 0. The van der Waals surface area contributed by atoms with E-state index in [4.69, 9.17) is 4.98 Å². The zero-order chi connectivity index (χ0) is 19.2. The molecule has 1 aliphatic heterocycles. The molecule has 4 heteroatoms. The lowest BCUT2D eigenvalue weighted by Gasteiger charge is -2.32. The first kappa shape index (κ1) is 18.8. The van der Waals surface area contributed by atoms with E-state index in [9.17, 15) is 5.11 Å². The van der Waals surface area contributed by atoms with Gasteiger partial charge in [-0.1, -0.05) is 54.6 Å². The van der Waals surface area contributed by atoms with Crippen molar-refractivity contribution in [3.8, 4) is 11.3 Å². The monoisotopic (exact) mass is 373 g/mol. The molecule has 1 atom stereocenters. The maximum Gasteiger partial charge on any atom is 0.0888 e. The molecule has 0 spiro atoms. The molecule has 0 saturated carbocycles. The molecule has 0 bridgehead atoms. The molecule has 1 saturated heterocycles. The molecule has 2 aromatic carbocycles. The van der Waals surface area contributed by atoms with Crippen LogP contribution in [0.1, 0.15) is 35.6 Å². The van der Waals surface area contributed by atoms with Crippen molar-refractivity contribution in [3.63, 3.8) is 0 Å². The summed E-state index contributed by atoms with van der Waals surface area (Å²) in [5.74, 6) is 0.439. The van der Waals surface area contributed by atoms with Gasteiger partial charge in [0.15, 0.2) is 0 Å². The highest BCUT2D eigenvalue weighted by Crippen LogP contribution is 2.27. The summed E-state index contributed by atoms with van der Waals surface area (Å²) in [7, 11) is 0. The highest BCUT2D eigenvalue weighted by Gasteiger charge is 2.22. The van der Waals surface area contributed by atoms with Crippen LogP contribution in [0.3, 0.4) is 0 Å². The summed E-state index contributed by atoms with van der Waals surface area (Å²) < 4.78 is 0. The van der Waals surface area contributed by atoms with Crippen LogP contribution < -0.4 is 0 Å². The predicted octanol–water partition coefficient (Wildman–Crippen LogP) is 4.06. The van der Waals surface area contributed by atoms with Gasteiger partial charge in [0.05, 0.1) is 24.2 Å². The van der Waals surface area contributed by atoms with Gasteiger partial charge in [-0.05, 0) is 36.9 Å². The molecule has 4 nitrogen and oxygen atoms in total. The smallest absolute Gasteiger partial charge is 0.0888 e. The first-order valence-corrected chi connectivity index (χ1v) is 10.1. The van der Waals surface area contributed by atoms with E-state index < -0.39 is 0 Å². The normalized spacial score (nSPS) is 17.5. The molecular weight excluding hydrogens is 346 g/mol. The number of benzene rings is 2. The van der Waals surface area contributed by atoms with Crippen molar-refractivity contribution in [2.45, 2.75) is 31.8 Å². The van der Waals surface area contributed by atoms with E-state index in [1.54, 1.807) is 0 Å². The van der Waals surface area contributed by atoms with Gasteiger partial charge in [-0.2, -0.15) is 0 Å². The number of hydrogen-bond acceptors (Lipinski definition) is 4. The molecule has 1 N–H and O–H groups in total. The molecule has 3 aromatic rings. The molecule has 0 radical (unpaired) electrons. The van der Waals surface area contributed by atoms with Crippen LogP contribution in [0, 0.1) is 0 Å². The third kappa shape index (κ3) is 4.64. The van der Waals surface area contributed by atoms with Crippen LogP contribution in [-0.2, 0) is 13.0 Å². The van der Waals surface area contributed by atoms with E-state index in [0.717, 1.165) is 42.0 Å². The second kappa shape index (κ2) is 9.09. The van der Waals surface area contributed by atoms with Crippen molar-refractivity contribution in [1.82, 2.24) is 14.9 Å². The van der Waals surface area contributed by atoms with Gasteiger partial charge in [0.25, 0.3) is 0 Å². The van der Waals surface area contributed by atoms with Gasteiger partial charge in [-0.3, -0.25) is 4.98 Å². The number of hydrogen-bond donors (Lipinski definition) is 1. The van der Waals surface area contributed by atoms with Crippen molar-refractivity contribution >= 4 is 0 Å². The topological polar surface area (TPSA) is 49.3 Å². The Morgan fingerprint density at radius 3 is 2.57 bits per heavy atom. The Morgan fingerprint density at radius 1 is 0.964 bits per heavy atom. The molecular formula is C24H27N3O. The Kier molecular flexibility index (Phi) is 6.10. The standard InChI is InChI=1S/C24H27N3O/c28-18-20-8-10-21(11-9-20)23-15-25-16-24(26-23)22-7-4-13-27(17-22)14-12-19-5-2-1-3-6-19/h1-3,5-6,8-11,15-16,22,28H,4,7,12-14,17-18H2/t22-/m1/s1. The van der Waals surface area contributed by atoms with Crippen molar-refractivity contribution in [2.24, 2.45) is 0 Å². The van der Waals surface area contributed by atoms with Crippen LogP contribution in [0.15, 0.2) is 67.0 Å². The van der Waals surface area contributed by atoms with E-state index in [2.05, 4.69) is 40.2 Å². The van der Waals surface area contributed by atoms with Gasteiger partial charge in [-0.15, -0.1) is 0 Å². The SMILES string of the molecule is OCc1ccc(-c2cncc([C@@H]3CCCN(CCc4ccccc4)C3)n2)cc1. The van der Waals surface area contributed by atoms with Crippen LogP contribution in [0.4, 0.5) is 0 Å². The number of piperidine rings is 1. The minimum absolute atomic E-state index is 0.0624. The number of aliphatic hydroxyl groups excluding tert-OH is 1. The zero-order valence-electron chi connectivity index (χ0n) is 16.2. The Hall–Kier alpha value is -2.56. The van der Waals surface area contributed by atoms with Gasteiger partial charge in [0.1, 0.15) is 0 Å². The quantitative estimate of drug-likeness (QED) is 0.708. The van der Waals surface area contributed by atoms with Crippen molar-refractivity contribution in [3.05, 3.63) is 83.8 Å². The Bertz CT molecular complexity index is 880. The fourth-order valence-electron chi connectivity index (χ4n) is 3.93. The summed E-state index contributed by atoms with van der Waals surface area (Å²) in [6, 6.07) is 18.6. The van der Waals surface area contributed by atoms with Crippen LogP contribution >= 0.6 is 0 Å². The fourth-order valence-corrected chi connectivity index (χ4v) is 3.93. The van der Waals surface area contributed by atoms with E-state index in [-0.39, 0.29) is 6.61 Å². The van der Waals surface area contributed by atoms with Crippen molar-refractivity contribution < 1.29 is 5.11 Å². The predicted molar refractivity (Wildman–Crippen MR) is 112 cm³/mol. The highest BCUT2D eigenvalue weighted by molar-refractivity contribution is 5.58. The second-order valence-electron chi connectivity index (χ2n) is 7.56. The van der Waals surface area contributed by atoms with Gasteiger partial charge in [0, 0.05) is 30.8 Å². The lowest BCUT2D eigenvalue weighted by Crippen LogP contribution is -2.36. The lowest BCUT2D eigenvalue weighted by atomic mass is 9.94. The van der Waals surface area contributed by atoms with Crippen molar-refractivity contribution in [1.29, 1.82) is 0 Å². The molecule has 1 aromatic heterocycles. The number of likely N-dealkylation sites (tertiary alicyclic amines) is 1. The Morgan fingerprint density at radius 2 is 1.79 bits per heavy atom. The molecule has 28 heavy (non-hydrogen) atoms. The first-order chi connectivity index (χ1) is 13.8. The first-order valence-electron chi connectivity index (χ1n) is 10.1. The van der Waals surface area contributed by atoms with Crippen LogP contribution in [-0.4, -0.2) is 39.6 Å². The van der Waals surface area contributed by atoms with Gasteiger partial charge in [-0.25, -0.2) is 4.98 Å². The van der Waals surface area contributed by atoms with Crippen LogP contribution in [0.25, 0.3) is 11.3 Å². The summed E-state index contributed by atoms with van der Waals surface area (Å²) in [5, 5.41) is 9.22. The molecule has 4 rings (SSSR count). The maximum atomic E-state index is 9.22. The van der Waals surface area contributed by atoms with Crippen LogP contribution in [0.5, 0.6) is 0 Å². The molecule has 2 heterocycles. The van der Waals surface area contributed by atoms with E-state index in [1.807, 2.05) is 36.7 Å². The number of aliphatic hydroxyl groups is 1. The summed E-state index contributed by atoms with van der Waals surface area (Å²) in [5.41, 5.74) is 5.35. The van der Waals surface area contributed by atoms with Gasteiger partial charge >= 0.3 is 0 Å². The molecule has 144 valence electrons. The summed E-state index contributed by atoms with van der Waals surface area (Å²) in [4.78, 5) is 12.0. The summed E-state index contributed by atoms with van der Waals surface area (Å²) in [6.45, 7) is 3.37. The second-order valence-corrected chi connectivity index (χ2v) is 7.56. The summed E-state index contributed by atoms with van der Waals surface area (Å²) in [6.07, 6.45) is 7.22. The molecule has 0 amide bonds. The third-order valence-electron chi connectivity index (χ3n) is 5.57. The van der Waals surface area contributed by atoms with E-state index >= 15 is 0 Å². The van der Waals surface area contributed by atoms with Gasteiger partial charge in [0.2, 0.25) is 0 Å². The largest absolute Gasteiger partial charge is 0.392 e. The number of rotatable bonds is 6. The van der Waals surface area contributed by atoms with E-state index in [0.29, 0.717) is 5.92 Å². The lowest BCUT2D eigenvalue weighted by molar-refractivity contribution is 0.208. The minimum Gasteiger partial charge on any atom is -0.392 e. The Labute approximate surface area is 166 Å². The fraction of sp³-hybridized carbons (Fsp3) is 0.333. The molecule has 0 aliphatic carbocycles. The zero-order valence-corrected chi connectivity index (χ0v) is 16.2. The average Bonchev–Trinajstić information content (AvgIpc) is 2.79. The maximum absolute atomic E-state index is 9.22. The van der Waals surface area contributed by atoms with Gasteiger partial charge < -0.3 is 10.0 Å². The van der Waals surface area contributed by atoms with Crippen molar-refractivity contribution in [2.75, 3.05) is 19.6 Å². The number of aromatic nitrogens is 2. The molecule has 1 aliphatic rings. The number of nitrogens with zero attached hydrogens (tertiary/aromatic N) is 3. The molecule has 0 unspecified atom stereocenters. The Balaban J connectivity index is 1.43.